The van der Waals surface area contributed by atoms with Crippen molar-refractivity contribution >= 4 is 24.0 Å². The second kappa shape index (κ2) is 7.99. The minimum atomic E-state index is 0. The average molecular weight is 333 g/mol. The van der Waals surface area contributed by atoms with Crippen LogP contribution in [0.3, 0.4) is 0 Å². The first-order valence-electron chi connectivity index (χ1n) is 7.57. The van der Waals surface area contributed by atoms with Gasteiger partial charge in [-0.2, -0.15) is 0 Å². The van der Waals surface area contributed by atoms with E-state index in [9.17, 15) is 4.79 Å². The van der Waals surface area contributed by atoms with E-state index < -0.39 is 0 Å². The van der Waals surface area contributed by atoms with Gasteiger partial charge in [-0.25, -0.2) is 0 Å². The van der Waals surface area contributed by atoms with Crippen molar-refractivity contribution in [2.75, 3.05) is 18.4 Å². The maximum Gasteiger partial charge on any atom is 0.228 e. The number of amides is 1. The number of benzene rings is 2. The van der Waals surface area contributed by atoms with Gasteiger partial charge in [0.25, 0.3) is 0 Å². The van der Waals surface area contributed by atoms with Crippen LogP contribution < -0.4 is 15.4 Å². The number of hydrogen-bond donors (Lipinski definition) is 2. The Balaban J connectivity index is 0.00000192. The number of hydrogen-bond acceptors (Lipinski definition) is 3. The predicted molar refractivity (Wildman–Crippen MR) is 94.5 cm³/mol. The van der Waals surface area contributed by atoms with E-state index in [2.05, 4.69) is 10.6 Å². The zero-order valence-electron chi connectivity index (χ0n) is 13.0. The van der Waals surface area contributed by atoms with Gasteiger partial charge in [0.05, 0.1) is 11.6 Å². The molecule has 2 aromatic carbocycles. The number of aryl methyl sites for hydroxylation is 1. The van der Waals surface area contributed by atoms with Crippen molar-refractivity contribution in [3.8, 4) is 11.5 Å². The van der Waals surface area contributed by atoms with Crippen LogP contribution >= 0.6 is 12.4 Å². The topological polar surface area (TPSA) is 50.4 Å². The predicted octanol–water partition coefficient (Wildman–Crippen LogP) is 3.76. The van der Waals surface area contributed by atoms with Crippen LogP contribution in [0.25, 0.3) is 0 Å². The van der Waals surface area contributed by atoms with Crippen LogP contribution in [0, 0.1) is 12.8 Å². The highest BCUT2D eigenvalue weighted by Gasteiger charge is 2.23. The summed E-state index contributed by atoms with van der Waals surface area (Å²) in [6.45, 7) is 3.67. The Morgan fingerprint density at radius 2 is 2.04 bits per heavy atom. The molecule has 0 aromatic heterocycles. The van der Waals surface area contributed by atoms with E-state index in [1.165, 1.54) is 0 Å². The lowest BCUT2D eigenvalue weighted by atomic mass is 10.1. The molecule has 2 aromatic rings. The third-order valence-corrected chi connectivity index (χ3v) is 3.79. The van der Waals surface area contributed by atoms with E-state index in [4.69, 9.17) is 4.74 Å². The molecule has 1 saturated heterocycles. The second-order valence-electron chi connectivity index (χ2n) is 5.59. The van der Waals surface area contributed by atoms with E-state index in [0.29, 0.717) is 11.4 Å². The summed E-state index contributed by atoms with van der Waals surface area (Å²) < 4.78 is 5.92. The lowest BCUT2D eigenvalue weighted by Gasteiger charge is -2.14. The van der Waals surface area contributed by atoms with Crippen molar-refractivity contribution in [3.05, 3.63) is 54.1 Å². The summed E-state index contributed by atoms with van der Waals surface area (Å²) in [7, 11) is 0. The van der Waals surface area contributed by atoms with Gasteiger partial charge in [-0.05, 0) is 49.7 Å². The van der Waals surface area contributed by atoms with E-state index in [1.807, 2.05) is 55.5 Å². The Morgan fingerprint density at radius 3 is 2.78 bits per heavy atom. The molecule has 1 aliphatic heterocycles. The fourth-order valence-electron chi connectivity index (χ4n) is 2.58. The molecule has 0 aliphatic carbocycles. The number of nitrogens with one attached hydrogen (secondary N) is 2. The number of para-hydroxylation sites is 2. The molecule has 0 spiro atoms. The maximum absolute atomic E-state index is 12.3. The largest absolute Gasteiger partial charge is 0.455 e. The summed E-state index contributed by atoms with van der Waals surface area (Å²) in [5.74, 6) is 1.51. The molecule has 1 atom stereocenters. The molecule has 0 radical (unpaired) electrons. The quantitative estimate of drug-likeness (QED) is 0.896. The fourth-order valence-corrected chi connectivity index (χ4v) is 2.58. The molecule has 5 heteroatoms. The van der Waals surface area contributed by atoms with Crippen LogP contribution in [0.15, 0.2) is 48.5 Å². The lowest BCUT2D eigenvalue weighted by molar-refractivity contribution is -0.119. The van der Waals surface area contributed by atoms with Gasteiger partial charge in [0, 0.05) is 6.54 Å². The first-order valence-corrected chi connectivity index (χ1v) is 7.57. The van der Waals surface area contributed by atoms with Gasteiger partial charge in [0.1, 0.15) is 5.75 Å². The third kappa shape index (κ3) is 4.47. The van der Waals surface area contributed by atoms with Crippen LogP contribution in [0.2, 0.25) is 0 Å². The van der Waals surface area contributed by atoms with Crippen molar-refractivity contribution in [2.45, 2.75) is 13.3 Å². The Morgan fingerprint density at radius 1 is 1.22 bits per heavy atom. The Labute approximate surface area is 142 Å². The number of rotatable bonds is 4. The van der Waals surface area contributed by atoms with Crippen LogP contribution in [0.4, 0.5) is 5.69 Å². The Hall–Kier alpha value is -2.04. The van der Waals surface area contributed by atoms with E-state index >= 15 is 0 Å². The summed E-state index contributed by atoms with van der Waals surface area (Å²) in [5, 5.41) is 6.19. The van der Waals surface area contributed by atoms with Gasteiger partial charge in [0.15, 0.2) is 5.75 Å². The summed E-state index contributed by atoms with van der Waals surface area (Å²) in [5.41, 5.74) is 1.84. The molecule has 1 amide bonds. The SMILES string of the molecule is Cc1cccc(Oc2ccccc2NC(=O)C2CCNC2)c1.Cl. The summed E-state index contributed by atoms with van der Waals surface area (Å²) in [4.78, 5) is 12.3. The molecule has 3 rings (SSSR count). The lowest BCUT2D eigenvalue weighted by Crippen LogP contribution is -2.24. The third-order valence-electron chi connectivity index (χ3n) is 3.79. The minimum absolute atomic E-state index is 0. The van der Waals surface area contributed by atoms with Crippen molar-refractivity contribution in [2.24, 2.45) is 5.92 Å². The molecular formula is C18H21ClN2O2. The minimum Gasteiger partial charge on any atom is -0.455 e. The van der Waals surface area contributed by atoms with Gasteiger partial charge in [-0.15, -0.1) is 12.4 Å². The molecule has 2 N–H and O–H groups in total. The number of carbonyl (C=O) groups is 1. The van der Waals surface area contributed by atoms with Gasteiger partial charge >= 0.3 is 0 Å². The maximum atomic E-state index is 12.3. The summed E-state index contributed by atoms with van der Waals surface area (Å²) in [6, 6.07) is 15.4. The standard InChI is InChI=1S/C18H20N2O2.ClH/c1-13-5-4-6-15(11-13)22-17-8-3-2-7-16(17)20-18(21)14-9-10-19-12-14;/h2-8,11,14,19H,9-10,12H2,1H3,(H,20,21);1H. The molecule has 23 heavy (non-hydrogen) atoms. The van der Waals surface area contributed by atoms with Crippen molar-refractivity contribution in [1.29, 1.82) is 0 Å². The number of carbonyl (C=O) groups excluding carboxylic acids is 1. The van der Waals surface area contributed by atoms with Crippen LogP contribution in [-0.2, 0) is 4.79 Å². The van der Waals surface area contributed by atoms with Crippen molar-refractivity contribution in [1.82, 2.24) is 5.32 Å². The van der Waals surface area contributed by atoms with E-state index in [1.54, 1.807) is 0 Å². The van der Waals surface area contributed by atoms with Gasteiger partial charge in [-0.3, -0.25) is 4.79 Å². The summed E-state index contributed by atoms with van der Waals surface area (Å²) >= 11 is 0. The first kappa shape index (κ1) is 17.3. The number of anilines is 1. The van der Waals surface area contributed by atoms with Crippen LogP contribution in [0.1, 0.15) is 12.0 Å². The molecule has 1 aliphatic rings. The van der Waals surface area contributed by atoms with Gasteiger partial charge < -0.3 is 15.4 Å². The molecule has 1 unspecified atom stereocenters. The highest BCUT2D eigenvalue weighted by Crippen LogP contribution is 2.30. The van der Waals surface area contributed by atoms with E-state index in [0.717, 1.165) is 30.8 Å². The molecule has 122 valence electrons. The van der Waals surface area contributed by atoms with Crippen molar-refractivity contribution in [3.63, 3.8) is 0 Å². The smallest absolute Gasteiger partial charge is 0.228 e. The molecular weight excluding hydrogens is 312 g/mol. The number of halogens is 1. The Bertz CT molecular complexity index is 670. The normalized spacial score (nSPS) is 16.5. The van der Waals surface area contributed by atoms with Crippen molar-refractivity contribution < 1.29 is 9.53 Å². The highest BCUT2D eigenvalue weighted by atomic mass is 35.5. The monoisotopic (exact) mass is 332 g/mol. The molecule has 1 heterocycles. The number of ether oxygens (including phenoxy) is 1. The second-order valence-corrected chi connectivity index (χ2v) is 5.59. The first-order chi connectivity index (χ1) is 10.7. The zero-order chi connectivity index (χ0) is 15.4. The molecule has 0 saturated carbocycles. The van der Waals surface area contributed by atoms with Gasteiger partial charge in [0.2, 0.25) is 5.91 Å². The summed E-state index contributed by atoms with van der Waals surface area (Å²) in [6.07, 6.45) is 0.882. The highest BCUT2D eigenvalue weighted by molar-refractivity contribution is 5.94. The molecule has 0 bridgehead atoms. The fraction of sp³-hybridized carbons (Fsp3) is 0.278. The van der Waals surface area contributed by atoms with Crippen LogP contribution in [-0.4, -0.2) is 19.0 Å². The molecule has 4 nitrogen and oxygen atoms in total. The van der Waals surface area contributed by atoms with E-state index in [-0.39, 0.29) is 24.2 Å². The Kier molecular flexibility index (Phi) is 6.02. The zero-order valence-corrected chi connectivity index (χ0v) is 13.9. The van der Waals surface area contributed by atoms with Gasteiger partial charge in [-0.1, -0.05) is 24.3 Å². The molecule has 1 fully saturated rings. The van der Waals surface area contributed by atoms with Crippen LogP contribution in [0.5, 0.6) is 11.5 Å². The average Bonchev–Trinajstić information content (AvgIpc) is 3.04.